The van der Waals surface area contributed by atoms with Crippen molar-refractivity contribution >= 4 is 5.91 Å². The monoisotopic (exact) mass is 339 g/mol. The molecule has 3 heterocycles. The van der Waals surface area contributed by atoms with Crippen LogP contribution in [0.5, 0.6) is 0 Å². The van der Waals surface area contributed by atoms with Gasteiger partial charge < -0.3 is 10.0 Å². The third-order valence-electron chi connectivity index (χ3n) is 6.04. The van der Waals surface area contributed by atoms with Crippen LogP contribution in [-0.4, -0.2) is 44.4 Å². The zero-order valence-corrected chi connectivity index (χ0v) is 14.6. The van der Waals surface area contributed by atoms with Crippen molar-refractivity contribution in [2.75, 3.05) is 6.61 Å². The summed E-state index contributed by atoms with van der Waals surface area (Å²) in [7, 11) is 0. The van der Waals surface area contributed by atoms with Gasteiger partial charge in [-0.25, -0.2) is 0 Å². The molecule has 3 atom stereocenters. The number of nitrogens with zero attached hydrogens (tertiary/aromatic N) is 3. The average molecular weight is 339 g/mol. The van der Waals surface area contributed by atoms with E-state index in [2.05, 4.69) is 17.2 Å². The number of hydrogen-bond acceptors (Lipinski definition) is 3. The van der Waals surface area contributed by atoms with Crippen molar-refractivity contribution in [2.45, 2.75) is 51.2 Å². The largest absolute Gasteiger partial charge is 0.396 e. The number of rotatable bonds is 5. The molecule has 1 amide bonds. The molecule has 0 radical (unpaired) electrons. The number of carbonyl (C=O) groups excluding carboxylic acids is 1. The van der Waals surface area contributed by atoms with Crippen LogP contribution in [0, 0.1) is 5.41 Å². The van der Waals surface area contributed by atoms with E-state index >= 15 is 0 Å². The molecule has 2 fully saturated rings. The third-order valence-corrected chi connectivity index (χ3v) is 6.04. The Bertz CT molecular complexity index is 757. The summed E-state index contributed by atoms with van der Waals surface area (Å²) in [5, 5.41) is 14.5. The highest BCUT2D eigenvalue weighted by atomic mass is 16.3. The molecule has 2 aliphatic heterocycles. The summed E-state index contributed by atoms with van der Waals surface area (Å²) in [5.74, 6) is 0.0650. The lowest BCUT2D eigenvalue weighted by Crippen LogP contribution is -2.44. The van der Waals surface area contributed by atoms with Crippen molar-refractivity contribution in [3.8, 4) is 0 Å². The lowest BCUT2D eigenvalue weighted by Gasteiger charge is -2.36. The Kier molecular flexibility index (Phi) is 4.12. The highest BCUT2D eigenvalue weighted by molar-refractivity contribution is 5.93. The van der Waals surface area contributed by atoms with Crippen LogP contribution in [-0.2, 0) is 13.0 Å². The van der Waals surface area contributed by atoms with Crippen LogP contribution < -0.4 is 0 Å². The number of aliphatic hydroxyl groups excluding tert-OH is 1. The van der Waals surface area contributed by atoms with Gasteiger partial charge in [0.15, 0.2) is 0 Å². The minimum Gasteiger partial charge on any atom is -0.396 e. The van der Waals surface area contributed by atoms with Crippen molar-refractivity contribution in [3.05, 3.63) is 53.9 Å². The van der Waals surface area contributed by atoms with Gasteiger partial charge in [-0.15, -0.1) is 0 Å². The fraction of sp³-hybridized carbons (Fsp3) is 0.500. The topological polar surface area (TPSA) is 58.4 Å². The lowest BCUT2D eigenvalue weighted by molar-refractivity contribution is 0.0562. The Balaban J connectivity index is 1.63. The minimum atomic E-state index is -0.225. The summed E-state index contributed by atoms with van der Waals surface area (Å²) in [6.07, 6.45) is 5.41. The molecule has 2 bridgehead atoms. The molecule has 2 aromatic rings. The number of carbonyl (C=O) groups is 1. The van der Waals surface area contributed by atoms with Crippen LogP contribution >= 0.6 is 0 Å². The first-order valence-electron chi connectivity index (χ1n) is 9.18. The van der Waals surface area contributed by atoms with E-state index < -0.39 is 0 Å². The van der Waals surface area contributed by atoms with Gasteiger partial charge in [-0.1, -0.05) is 30.3 Å². The second kappa shape index (κ2) is 6.30. The van der Waals surface area contributed by atoms with E-state index in [9.17, 15) is 9.90 Å². The zero-order valence-electron chi connectivity index (χ0n) is 14.6. The molecule has 0 spiro atoms. The summed E-state index contributed by atoms with van der Waals surface area (Å²) in [6, 6.07) is 12.5. The standard InChI is InChI=1S/C20H25N3O2/c1-2-22-17(10-11-21-22)19(25)23-16-8-9-18(23)20(13-16,14-24)12-15-6-4-3-5-7-15/h3-7,10-11,16,18,24H,2,8-9,12-14H2,1H3/t16-,18+,20-/m1/s1. The Hall–Kier alpha value is -2.14. The summed E-state index contributed by atoms with van der Waals surface area (Å²) in [6.45, 7) is 2.81. The number of hydrogen-bond donors (Lipinski definition) is 1. The van der Waals surface area contributed by atoms with Crippen molar-refractivity contribution < 1.29 is 9.90 Å². The molecule has 25 heavy (non-hydrogen) atoms. The molecule has 4 rings (SSSR count). The fourth-order valence-corrected chi connectivity index (χ4v) is 4.91. The summed E-state index contributed by atoms with van der Waals surface area (Å²) in [4.78, 5) is 15.2. The van der Waals surface area contributed by atoms with E-state index in [1.54, 1.807) is 16.9 Å². The summed E-state index contributed by atoms with van der Waals surface area (Å²) in [5.41, 5.74) is 1.67. The average Bonchev–Trinajstić information content (AvgIpc) is 3.35. The minimum absolute atomic E-state index is 0.0650. The summed E-state index contributed by atoms with van der Waals surface area (Å²) >= 11 is 0. The van der Waals surface area contributed by atoms with Crippen LogP contribution in [0.1, 0.15) is 42.2 Å². The summed E-state index contributed by atoms with van der Waals surface area (Å²) < 4.78 is 1.76. The Morgan fingerprint density at radius 3 is 2.80 bits per heavy atom. The van der Waals surface area contributed by atoms with E-state index in [4.69, 9.17) is 0 Å². The number of benzene rings is 1. The van der Waals surface area contributed by atoms with Crippen LogP contribution in [0.3, 0.4) is 0 Å². The van der Waals surface area contributed by atoms with Gasteiger partial charge in [-0.2, -0.15) is 5.10 Å². The third kappa shape index (κ3) is 2.58. The predicted molar refractivity (Wildman–Crippen MR) is 95.2 cm³/mol. The maximum Gasteiger partial charge on any atom is 0.272 e. The number of amides is 1. The molecule has 5 nitrogen and oxygen atoms in total. The Morgan fingerprint density at radius 2 is 2.08 bits per heavy atom. The fourth-order valence-electron chi connectivity index (χ4n) is 4.91. The molecule has 1 aromatic carbocycles. The molecular formula is C20H25N3O2. The Labute approximate surface area is 148 Å². The molecule has 5 heteroatoms. The van der Waals surface area contributed by atoms with Gasteiger partial charge in [0.05, 0.1) is 6.61 Å². The maximum absolute atomic E-state index is 13.2. The Morgan fingerprint density at radius 1 is 1.28 bits per heavy atom. The van der Waals surface area contributed by atoms with Crippen molar-refractivity contribution in [2.24, 2.45) is 5.41 Å². The molecule has 0 saturated carbocycles. The van der Waals surface area contributed by atoms with Gasteiger partial charge in [-0.05, 0) is 44.2 Å². The van der Waals surface area contributed by atoms with Crippen molar-refractivity contribution in [3.63, 3.8) is 0 Å². The van der Waals surface area contributed by atoms with Crippen LogP contribution in [0.4, 0.5) is 0 Å². The number of aliphatic hydroxyl groups is 1. The highest BCUT2D eigenvalue weighted by Gasteiger charge is 2.57. The first-order chi connectivity index (χ1) is 12.2. The number of aryl methyl sites for hydroxylation is 1. The smallest absolute Gasteiger partial charge is 0.272 e. The van der Waals surface area contributed by atoms with E-state index in [0.29, 0.717) is 12.2 Å². The molecule has 2 aliphatic rings. The second-order valence-corrected chi connectivity index (χ2v) is 7.38. The molecule has 132 valence electrons. The maximum atomic E-state index is 13.2. The quantitative estimate of drug-likeness (QED) is 0.910. The first-order valence-corrected chi connectivity index (χ1v) is 9.18. The van der Waals surface area contributed by atoms with Gasteiger partial charge in [0, 0.05) is 30.2 Å². The van der Waals surface area contributed by atoms with Crippen molar-refractivity contribution in [1.82, 2.24) is 14.7 Å². The van der Waals surface area contributed by atoms with Gasteiger partial charge in [0.2, 0.25) is 0 Å². The molecule has 1 aromatic heterocycles. The van der Waals surface area contributed by atoms with Crippen LogP contribution in [0.15, 0.2) is 42.6 Å². The van der Waals surface area contributed by atoms with Gasteiger partial charge in [0.1, 0.15) is 5.69 Å². The molecule has 1 N–H and O–H groups in total. The predicted octanol–water partition coefficient (Wildman–Crippen LogP) is 2.50. The van der Waals surface area contributed by atoms with Crippen LogP contribution in [0.25, 0.3) is 0 Å². The van der Waals surface area contributed by atoms with Gasteiger partial charge >= 0.3 is 0 Å². The van der Waals surface area contributed by atoms with Crippen molar-refractivity contribution in [1.29, 1.82) is 0 Å². The van der Waals surface area contributed by atoms with E-state index in [-0.39, 0.29) is 30.0 Å². The molecule has 2 saturated heterocycles. The lowest BCUT2D eigenvalue weighted by atomic mass is 9.70. The zero-order chi connectivity index (χ0) is 17.4. The number of fused-ring (bicyclic) bond motifs is 2. The molecule has 0 aliphatic carbocycles. The number of aromatic nitrogens is 2. The van der Waals surface area contributed by atoms with E-state index in [0.717, 1.165) is 25.7 Å². The van der Waals surface area contributed by atoms with Gasteiger partial charge in [-0.3, -0.25) is 9.48 Å². The van der Waals surface area contributed by atoms with E-state index in [1.807, 2.05) is 30.0 Å². The normalized spacial score (nSPS) is 27.8. The van der Waals surface area contributed by atoms with Gasteiger partial charge in [0.25, 0.3) is 5.91 Å². The molecular weight excluding hydrogens is 314 g/mol. The van der Waals surface area contributed by atoms with Crippen LogP contribution in [0.2, 0.25) is 0 Å². The molecule has 0 unspecified atom stereocenters. The SMILES string of the molecule is CCn1nccc1C(=O)N1[C@@H]2CC[C@H]1[C@](CO)(Cc1ccccc1)C2. The first kappa shape index (κ1) is 16.3. The highest BCUT2D eigenvalue weighted by Crippen LogP contribution is 2.51. The van der Waals surface area contributed by atoms with E-state index in [1.165, 1.54) is 5.56 Å². The second-order valence-electron chi connectivity index (χ2n) is 7.38.